The average molecular weight is 220 g/mol. The van der Waals surface area contributed by atoms with Gasteiger partial charge in [-0.1, -0.05) is 13.8 Å². The number of amides is 1. The van der Waals surface area contributed by atoms with E-state index in [1.807, 2.05) is 4.90 Å². The molecule has 0 aromatic carbocycles. The smallest absolute Gasteiger partial charge is 0.243 e. The molecule has 0 N–H and O–H groups in total. The molecule has 1 saturated heterocycles. The van der Waals surface area contributed by atoms with Crippen LogP contribution in [-0.4, -0.2) is 23.9 Å². The summed E-state index contributed by atoms with van der Waals surface area (Å²) >= 11 is 0. The Morgan fingerprint density at radius 3 is 2.56 bits per heavy atom. The highest BCUT2D eigenvalue weighted by Gasteiger charge is 2.50. The number of hydrogen-bond acceptors (Lipinski definition) is 2. The molecular formula is C13H20N2O. The number of piperidine rings is 1. The van der Waals surface area contributed by atoms with Gasteiger partial charge in [0.2, 0.25) is 5.91 Å². The van der Waals surface area contributed by atoms with E-state index in [1.54, 1.807) is 0 Å². The van der Waals surface area contributed by atoms with E-state index in [4.69, 9.17) is 0 Å². The number of carbonyl (C=O) groups is 1. The fraction of sp³-hybridized carbons (Fsp3) is 0.846. The Balaban J connectivity index is 2.04. The van der Waals surface area contributed by atoms with Gasteiger partial charge in [-0.25, -0.2) is 0 Å². The summed E-state index contributed by atoms with van der Waals surface area (Å²) in [6.07, 6.45) is 3.81. The maximum atomic E-state index is 12.3. The van der Waals surface area contributed by atoms with Crippen molar-refractivity contribution in [3.63, 3.8) is 0 Å². The fourth-order valence-corrected chi connectivity index (χ4v) is 3.12. The van der Waals surface area contributed by atoms with Crippen LogP contribution in [0.5, 0.6) is 0 Å². The molecule has 2 aliphatic rings. The minimum atomic E-state index is -0.670. The molecule has 2 fully saturated rings. The number of nitrogens with zero attached hydrogens (tertiary/aromatic N) is 2. The summed E-state index contributed by atoms with van der Waals surface area (Å²) in [5.74, 6) is 1.22. The minimum absolute atomic E-state index is 0.0969. The molecule has 2 rings (SSSR count). The van der Waals surface area contributed by atoms with Crippen molar-refractivity contribution in [1.29, 1.82) is 5.26 Å². The summed E-state index contributed by atoms with van der Waals surface area (Å²) < 4.78 is 0. The molecule has 1 saturated carbocycles. The van der Waals surface area contributed by atoms with Gasteiger partial charge >= 0.3 is 0 Å². The van der Waals surface area contributed by atoms with E-state index in [9.17, 15) is 10.1 Å². The second-order valence-corrected chi connectivity index (χ2v) is 5.71. The zero-order valence-electron chi connectivity index (χ0n) is 10.2. The highest BCUT2D eigenvalue weighted by Crippen LogP contribution is 2.46. The van der Waals surface area contributed by atoms with Crippen molar-refractivity contribution in [2.75, 3.05) is 13.1 Å². The van der Waals surface area contributed by atoms with Crippen LogP contribution in [0, 0.1) is 28.6 Å². The second-order valence-electron chi connectivity index (χ2n) is 5.71. The molecule has 1 amide bonds. The van der Waals surface area contributed by atoms with Crippen LogP contribution >= 0.6 is 0 Å². The summed E-state index contributed by atoms with van der Waals surface area (Å²) in [7, 11) is 0. The Kier molecular flexibility index (Phi) is 2.92. The van der Waals surface area contributed by atoms with Crippen LogP contribution in [0.15, 0.2) is 0 Å². The molecule has 1 atom stereocenters. The van der Waals surface area contributed by atoms with Crippen LogP contribution in [-0.2, 0) is 4.79 Å². The van der Waals surface area contributed by atoms with Gasteiger partial charge in [0.15, 0.2) is 0 Å². The largest absolute Gasteiger partial charge is 0.341 e. The Hall–Kier alpha value is -1.04. The first-order chi connectivity index (χ1) is 7.57. The molecule has 3 nitrogen and oxygen atoms in total. The van der Waals surface area contributed by atoms with Gasteiger partial charge in [-0.3, -0.25) is 4.79 Å². The van der Waals surface area contributed by atoms with E-state index in [1.165, 1.54) is 6.42 Å². The van der Waals surface area contributed by atoms with Crippen LogP contribution in [0.2, 0.25) is 0 Å². The van der Waals surface area contributed by atoms with E-state index in [2.05, 4.69) is 19.9 Å². The van der Waals surface area contributed by atoms with Gasteiger partial charge in [-0.2, -0.15) is 5.26 Å². The minimum Gasteiger partial charge on any atom is -0.341 e. The number of carbonyl (C=O) groups excluding carboxylic acids is 1. The van der Waals surface area contributed by atoms with Crippen molar-refractivity contribution in [1.82, 2.24) is 4.90 Å². The molecule has 88 valence electrons. The molecule has 0 spiro atoms. The Morgan fingerprint density at radius 1 is 1.38 bits per heavy atom. The maximum Gasteiger partial charge on any atom is 0.243 e. The normalized spacial score (nSPS) is 38.7. The topological polar surface area (TPSA) is 44.1 Å². The van der Waals surface area contributed by atoms with Crippen molar-refractivity contribution in [3.8, 4) is 6.07 Å². The number of likely N-dealkylation sites (tertiary alicyclic amines) is 1. The number of hydrogen-bond donors (Lipinski definition) is 0. The third kappa shape index (κ3) is 1.81. The van der Waals surface area contributed by atoms with Crippen LogP contribution in [0.25, 0.3) is 0 Å². The standard InChI is InChI=1S/C13H20N2O/c1-10-4-3-5-15(8-10)12(16)13(9-14)6-11(2)7-13/h10-11H,3-8H2,1-2H3. The summed E-state index contributed by atoms with van der Waals surface area (Å²) in [5, 5.41) is 9.22. The Morgan fingerprint density at radius 2 is 2.06 bits per heavy atom. The van der Waals surface area contributed by atoms with Crippen molar-refractivity contribution >= 4 is 5.91 Å². The zero-order chi connectivity index (χ0) is 11.8. The molecule has 0 radical (unpaired) electrons. The fourth-order valence-electron chi connectivity index (χ4n) is 3.12. The van der Waals surface area contributed by atoms with Gasteiger partial charge < -0.3 is 4.90 Å². The van der Waals surface area contributed by atoms with Gasteiger partial charge in [0.05, 0.1) is 6.07 Å². The molecule has 0 bridgehead atoms. The summed E-state index contributed by atoms with van der Waals surface area (Å²) in [5.41, 5.74) is -0.670. The molecule has 1 aliphatic heterocycles. The SMILES string of the molecule is CC1CCCN(C(=O)C2(C#N)CC(C)C2)C1. The van der Waals surface area contributed by atoms with Crippen LogP contribution in [0.1, 0.15) is 39.5 Å². The average Bonchev–Trinajstić information content (AvgIpc) is 2.23. The lowest BCUT2D eigenvalue weighted by molar-refractivity contribution is -0.147. The molecule has 16 heavy (non-hydrogen) atoms. The maximum absolute atomic E-state index is 12.3. The van der Waals surface area contributed by atoms with E-state index in [-0.39, 0.29) is 5.91 Å². The first-order valence-corrected chi connectivity index (χ1v) is 6.28. The van der Waals surface area contributed by atoms with E-state index in [0.717, 1.165) is 32.4 Å². The number of rotatable bonds is 1. The predicted molar refractivity (Wildman–Crippen MR) is 61.4 cm³/mol. The lowest BCUT2D eigenvalue weighted by Gasteiger charge is -2.44. The first kappa shape index (κ1) is 11.4. The first-order valence-electron chi connectivity index (χ1n) is 6.28. The Labute approximate surface area is 97.4 Å². The molecule has 1 heterocycles. The molecule has 0 aromatic rings. The quantitative estimate of drug-likeness (QED) is 0.680. The predicted octanol–water partition coefficient (Wildman–Crippen LogP) is 2.18. The summed E-state index contributed by atoms with van der Waals surface area (Å²) in [6, 6.07) is 2.27. The molecular weight excluding hydrogens is 200 g/mol. The van der Waals surface area contributed by atoms with Crippen LogP contribution in [0.4, 0.5) is 0 Å². The highest BCUT2D eigenvalue weighted by molar-refractivity contribution is 5.86. The molecule has 0 aromatic heterocycles. The van der Waals surface area contributed by atoms with Crippen molar-refractivity contribution in [2.45, 2.75) is 39.5 Å². The third-order valence-corrected chi connectivity index (χ3v) is 3.96. The van der Waals surface area contributed by atoms with Crippen molar-refractivity contribution in [2.24, 2.45) is 17.3 Å². The molecule has 1 aliphatic carbocycles. The molecule has 1 unspecified atom stereocenters. The van der Waals surface area contributed by atoms with E-state index in [0.29, 0.717) is 11.8 Å². The monoisotopic (exact) mass is 220 g/mol. The molecule has 3 heteroatoms. The summed E-state index contributed by atoms with van der Waals surface area (Å²) in [4.78, 5) is 14.2. The van der Waals surface area contributed by atoms with Gasteiger partial charge in [0, 0.05) is 13.1 Å². The Bertz CT molecular complexity index is 325. The third-order valence-electron chi connectivity index (χ3n) is 3.96. The van der Waals surface area contributed by atoms with E-state index >= 15 is 0 Å². The lowest BCUT2D eigenvalue weighted by atomic mass is 9.62. The van der Waals surface area contributed by atoms with Gasteiger partial charge in [-0.15, -0.1) is 0 Å². The number of nitriles is 1. The van der Waals surface area contributed by atoms with Crippen molar-refractivity contribution < 1.29 is 4.79 Å². The van der Waals surface area contributed by atoms with E-state index < -0.39 is 5.41 Å². The lowest BCUT2D eigenvalue weighted by Crippen LogP contribution is -2.52. The van der Waals surface area contributed by atoms with Gasteiger partial charge in [-0.05, 0) is 37.5 Å². The van der Waals surface area contributed by atoms with Crippen LogP contribution < -0.4 is 0 Å². The summed E-state index contributed by atoms with van der Waals surface area (Å²) in [6.45, 7) is 5.99. The van der Waals surface area contributed by atoms with Gasteiger partial charge in [0.25, 0.3) is 0 Å². The highest BCUT2D eigenvalue weighted by atomic mass is 16.2. The van der Waals surface area contributed by atoms with Crippen LogP contribution in [0.3, 0.4) is 0 Å². The zero-order valence-corrected chi connectivity index (χ0v) is 10.2. The van der Waals surface area contributed by atoms with Crippen molar-refractivity contribution in [3.05, 3.63) is 0 Å². The second kappa shape index (κ2) is 4.08. The van der Waals surface area contributed by atoms with Gasteiger partial charge in [0.1, 0.15) is 5.41 Å².